The minimum absolute atomic E-state index is 0.164. The molecule has 1 aromatic rings. The third-order valence-corrected chi connectivity index (χ3v) is 2.44. The number of rotatable bonds is 4. The van der Waals surface area contributed by atoms with Gasteiger partial charge in [-0.1, -0.05) is 25.5 Å². The van der Waals surface area contributed by atoms with E-state index in [0.717, 1.165) is 12.8 Å². The molecule has 0 saturated heterocycles. The maximum absolute atomic E-state index is 12.7. The van der Waals surface area contributed by atoms with E-state index in [0.29, 0.717) is 6.04 Å². The minimum Gasteiger partial charge on any atom is -0.302 e. The van der Waals surface area contributed by atoms with Crippen molar-refractivity contribution in [2.24, 2.45) is 0 Å². The maximum Gasteiger partial charge on any atom is 0.123 e. The maximum atomic E-state index is 12.7. The third-order valence-electron chi connectivity index (χ3n) is 2.44. The van der Waals surface area contributed by atoms with E-state index < -0.39 is 0 Å². The Morgan fingerprint density at radius 2 is 1.79 bits per heavy atom. The van der Waals surface area contributed by atoms with Crippen LogP contribution in [0.1, 0.15) is 31.4 Å². The van der Waals surface area contributed by atoms with E-state index in [1.807, 2.05) is 12.1 Å². The van der Waals surface area contributed by atoms with Crippen LogP contribution in [0, 0.1) is 5.82 Å². The fraction of sp³-hybridized carbons (Fsp3) is 0.500. The fourth-order valence-corrected chi connectivity index (χ4v) is 1.68. The van der Waals surface area contributed by atoms with E-state index in [9.17, 15) is 4.39 Å². The van der Waals surface area contributed by atoms with Crippen LogP contribution in [0.5, 0.6) is 0 Å². The monoisotopic (exact) mass is 195 g/mol. The van der Waals surface area contributed by atoms with Gasteiger partial charge < -0.3 is 4.90 Å². The van der Waals surface area contributed by atoms with E-state index in [-0.39, 0.29) is 5.82 Å². The van der Waals surface area contributed by atoms with Gasteiger partial charge in [0.15, 0.2) is 0 Å². The van der Waals surface area contributed by atoms with Crippen molar-refractivity contribution in [2.45, 2.75) is 25.8 Å². The highest BCUT2D eigenvalue weighted by molar-refractivity contribution is 5.19. The van der Waals surface area contributed by atoms with Crippen molar-refractivity contribution in [1.82, 2.24) is 4.90 Å². The van der Waals surface area contributed by atoms with Crippen LogP contribution in [0.15, 0.2) is 24.3 Å². The lowest BCUT2D eigenvalue weighted by molar-refractivity contribution is 0.282. The molecule has 1 nitrogen and oxygen atoms in total. The number of hydrogen-bond donors (Lipinski definition) is 0. The molecule has 0 radical (unpaired) electrons. The summed E-state index contributed by atoms with van der Waals surface area (Å²) in [5.41, 5.74) is 1.19. The summed E-state index contributed by atoms with van der Waals surface area (Å²) < 4.78 is 12.7. The highest BCUT2D eigenvalue weighted by atomic mass is 19.1. The number of benzene rings is 1. The third kappa shape index (κ3) is 2.81. The fourth-order valence-electron chi connectivity index (χ4n) is 1.68. The van der Waals surface area contributed by atoms with Gasteiger partial charge in [0.1, 0.15) is 5.82 Å². The van der Waals surface area contributed by atoms with Crippen molar-refractivity contribution in [2.75, 3.05) is 14.1 Å². The normalized spacial score (nSPS) is 13.2. The molecule has 0 heterocycles. The Bertz CT molecular complexity index is 266. The van der Waals surface area contributed by atoms with E-state index in [1.165, 1.54) is 17.7 Å². The standard InChI is InChI=1S/C12H18FN/c1-4-5-12(14(2)3)10-6-8-11(13)9-7-10/h6-9,12H,4-5H2,1-3H3. The molecule has 0 amide bonds. The van der Waals surface area contributed by atoms with Gasteiger partial charge in [-0.15, -0.1) is 0 Å². The van der Waals surface area contributed by atoms with E-state index in [1.54, 1.807) is 0 Å². The summed E-state index contributed by atoms with van der Waals surface area (Å²) in [7, 11) is 4.12. The largest absolute Gasteiger partial charge is 0.302 e. The van der Waals surface area contributed by atoms with E-state index in [4.69, 9.17) is 0 Å². The van der Waals surface area contributed by atoms with Gasteiger partial charge in [-0.05, 0) is 38.2 Å². The number of halogens is 1. The van der Waals surface area contributed by atoms with Crippen LogP contribution in [0.3, 0.4) is 0 Å². The van der Waals surface area contributed by atoms with Gasteiger partial charge in [0.05, 0.1) is 0 Å². The summed E-state index contributed by atoms with van der Waals surface area (Å²) in [5.74, 6) is -0.164. The van der Waals surface area contributed by atoms with Crippen LogP contribution < -0.4 is 0 Å². The molecule has 0 spiro atoms. The Labute approximate surface area is 85.5 Å². The Kier molecular flexibility index (Phi) is 4.08. The zero-order valence-electron chi connectivity index (χ0n) is 9.13. The second kappa shape index (κ2) is 5.11. The molecule has 0 aliphatic carbocycles. The Morgan fingerprint density at radius 3 is 2.21 bits per heavy atom. The van der Waals surface area contributed by atoms with E-state index in [2.05, 4.69) is 25.9 Å². The second-order valence-electron chi connectivity index (χ2n) is 3.82. The van der Waals surface area contributed by atoms with Crippen molar-refractivity contribution in [3.8, 4) is 0 Å². The molecule has 1 unspecified atom stereocenters. The Hall–Kier alpha value is -0.890. The van der Waals surface area contributed by atoms with Crippen molar-refractivity contribution < 1.29 is 4.39 Å². The predicted octanol–water partition coefficient (Wildman–Crippen LogP) is 3.23. The lowest BCUT2D eigenvalue weighted by Gasteiger charge is -2.24. The lowest BCUT2D eigenvalue weighted by Crippen LogP contribution is -2.19. The van der Waals surface area contributed by atoms with Crippen molar-refractivity contribution in [3.63, 3.8) is 0 Å². The zero-order chi connectivity index (χ0) is 10.6. The molecular weight excluding hydrogens is 177 g/mol. The first-order chi connectivity index (χ1) is 6.65. The van der Waals surface area contributed by atoms with Crippen molar-refractivity contribution >= 4 is 0 Å². The molecule has 1 atom stereocenters. The number of nitrogens with zero attached hydrogens (tertiary/aromatic N) is 1. The van der Waals surface area contributed by atoms with Gasteiger partial charge in [0.25, 0.3) is 0 Å². The van der Waals surface area contributed by atoms with Crippen molar-refractivity contribution in [3.05, 3.63) is 35.6 Å². The molecule has 14 heavy (non-hydrogen) atoms. The first-order valence-electron chi connectivity index (χ1n) is 5.07. The van der Waals surface area contributed by atoms with Gasteiger partial charge in [0, 0.05) is 6.04 Å². The van der Waals surface area contributed by atoms with Gasteiger partial charge in [-0.3, -0.25) is 0 Å². The van der Waals surface area contributed by atoms with Crippen LogP contribution in [-0.4, -0.2) is 19.0 Å². The lowest BCUT2D eigenvalue weighted by atomic mass is 10.0. The van der Waals surface area contributed by atoms with Crippen LogP contribution in [0.4, 0.5) is 4.39 Å². The average Bonchev–Trinajstić information content (AvgIpc) is 2.15. The van der Waals surface area contributed by atoms with Crippen LogP contribution in [0.25, 0.3) is 0 Å². The first kappa shape index (κ1) is 11.2. The van der Waals surface area contributed by atoms with Gasteiger partial charge in [0.2, 0.25) is 0 Å². The second-order valence-corrected chi connectivity index (χ2v) is 3.82. The molecule has 2 heteroatoms. The topological polar surface area (TPSA) is 3.24 Å². The molecule has 0 saturated carbocycles. The summed E-state index contributed by atoms with van der Waals surface area (Å²) in [5, 5.41) is 0. The van der Waals surface area contributed by atoms with Crippen LogP contribution in [-0.2, 0) is 0 Å². The smallest absolute Gasteiger partial charge is 0.123 e. The molecule has 1 aromatic carbocycles. The highest BCUT2D eigenvalue weighted by Gasteiger charge is 2.12. The summed E-state index contributed by atoms with van der Waals surface area (Å²) in [6, 6.07) is 7.20. The SMILES string of the molecule is CCCC(c1ccc(F)cc1)N(C)C. The zero-order valence-corrected chi connectivity index (χ0v) is 9.13. The Balaban J connectivity index is 2.82. The molecule has 1 rings (SSSR count). The number of hydrogen-bond acceptors (Lipinski definition) is 1. The average molecular weight is 195 g/mol. The molecule has 0 N–H and O–H groups in total. The first-order valence-corrected chi connectivity index (χ1v) is 5.07. The van der Waals surface area contributed by atoms with Crippen molar-refractivity contribution in [1.29, 1.82) is 0 Å². The Morgan fingerprint density at radius 1 is 1.21 bits per heavy atom. The molecule has 0 aliphatic heterocycles. The highest BCUT2D eigenvalue weighted by Crippen LogP contribution is 2.23. The van der Waals surface area contributed by atoms with Gasteiger partial charge in [-0.25, -0.2) is 4.39 Å². The quantitative estimate of drug-likeness (QED) is 0.713. The van der Waals surface area contributed by atoms with Crippen LogP contribution >= 0.6 is 0 Å². The molecular formula is C12H18FN. The van der Waals surface area contributed by atoms with Crippen LogP contribution in [0.2, 0.25) is 0 Å². The van der Waals surface area contributed by atoms with Gasteiger partial charge in [-0.2, -0.15) is 0 Å². The van der Waals surface area contributed by atoms with Gasteiger partial charge >= 0.3 is 0 Å². The molecule has 0 bridgehead atoms. The molecule has 0 aromatic heterocycles. The summed E-state index contributed by atoms with van der Waals surface area (Å²) in [6.07, 6.45) is 2.25. The summed E-state index contributed by atoms with van der Waals surface area (Å²) >= 11 is 0. The summed E-state index contributed by atoms with van der Waals surface area (Å²) in [4.78, 5) is 2.18. The summed E-state index contributed by atoms with van der Waals surface area (Å²) in [6.45, 7) is 2.17. The molecule has 0 fully saturated rings. The van der Waals surface area contributed by atoms with E-state index >= 15 is 0 Å². The predicted molar refractivity (Wildman–Crippen MR) is 57.7 cm³/mol. The molecule has 0 aliphatic rings. The minimum atomic E-state index is -0.164. The molecule has 78 valence electrons.